The molecular weight excluding hydrogens is 278 g/mol. The maximum Gasteiger partial charge on any atom is 0.133 e. The maximum atomic E-state index is 8.60. The second kappa shape index (κ2) is 8.35. The van der Waals surface area contributed by atoms with Crippen molar-refractivity contribution >= 4 is 23.4 Å². The zero-order valence-corrected chi connectivity index (χ0v) is 13.3. The lowest BCUT2D eigenvalue weighted by atomic mass is 10.0. The normalized spacial score (nSPS) is 11.9. The number of nitrogens with zero attached hydrogens (tertiary/aromatic N) is 1. The van der Waals surface area contributed by atoms with Gasteiger partial charge in [-0.2, -0.15) is 5.26 Å². The summed E-state index contributed by atoms with van der Waals surface area (Å²) in [5, 5.41) is 11.5. The number of thioether (sulfide) groups is 1. The summed E-state index contributed by atoms with van der Waals surface area (Å²) in [6, 6.07) is 4.01. The summed E-state index contributed by atoms with van der Waals surface area (Å²) in [6.07, 6.45) is 1.87. The minimum atomic E-state index is 0.424. The van der Waals surface area contributed by atoms with Gasteiger partial charge in [0.1, 0.15) is 11.2 Å². The number of halogens is 1. The van der Waals surface area contributed by atoms with Crippen molar-refractivity contribution in [2.45, 2.75) is 33.6 Å². The molecule has 0 aliphatic rings. The van der Waals surface area contributed by atoms with E-state index in [1.165, 1.54) is 11.8 Å². The fourth-order valence-electron chi connectivity index (χ4n) is 1.82. The number of rotatable bonds is 7. The van der Waals surface area contributed by atoms with Crippen LogP contribution in [0.15, 0.2) is 12.1 Å². The molecule has 0 aliphatic carbocycles. The smallest absolute Gasteiger partial charge is 0.133 e. The quantitative estimate of drug-likeness (QED) is 0.676. The van der Waals surface area contributed by atoms with Crippen LogP contribution < -0.4 is 4.74 Å². The fourth-order valence-corrected chi connectivity index (χ4v) is 2.48. The van der Waals surface area contributed by atoms with Gasteiger partial charge in [0.15, 0.2) is 0 Å². The minimum absolute atomic E-state index is 0.424. The lowest BCUT2D eigenvalue weighted by Crippen LogP contribution is -2.06. The SMILES string of the molecule is CCCOc1cc(C)c(Cl)cc1CC(C)CSC#N. The first-order chi connectivity index (χ1) is 9.08. The standard InChI is InChI=1S/C15H20ClNOS/c1-4-5-18-15-7-12(3)14(16)8-13(15)6-11(2)9-19-10-17/h7-8,11H,4-6,9H2,1-3H3. The molecule has 0 amide bonds. The first-order valence-corrected chi connectivity index (χ1v) is 7.87. The van der Waals surface area contributed by atoms with Crippen LogP contribution in [0.3, 0.4) is 0 Å². The molecule has 1 rings (SSSR count). The van der Waals surface area contributed by atoms with Crippen LogP contribution in [-0.2, 0) is 6.42 Å². The number of ether oxygens (including phenoxy) is 1. The van der Waals surface area contributed by atoms with Crippen LogP contribution in [-0.4, -0.2) is 12.4 Å². The van der Waals surface area contributed by atoms with Crippen molar-refractivity contribution in [3.63, 3.8) is 0 Å². The van der Waals surface area contributed by atoms with E-state index in [9.17, 15) is 0 Å². The van der Waals surface area contributed by atoms with Gasteiger partial charge in [0.05, 0.1) is 6.61 Å². The van der Waals surface area contributed by atoms with E-state index >= 15 is 0 Å². The van der Waals surface area contributed by atoms with Crippen LogP contribution in [0.5, 0.6) is 5.75 Å². The van der Waals surface area contributed by atoms with E-state index in [-0.39, 0.29) is 0 Å². The summed E-state index contributed by atoms with van der Waals surface area (Å²) in [5.41, 5.74) is 2.17. The van der Waals surface area contributed by atoms with Crippen LogP contribution in [0.25, 0.3) is 0 Å². The summed E-state index contributed by atoms with van der Waals surface area (Å²) in [5.74, 6) is 2.18. The molecule has 0 saturated heterocycles. The van der Waals surface area contributed by atoms with Gasteiger partial charge in [0, 0.05) is 10.8 Å². The maximum absolute atomic E-state index is 8.60. The van der Waals surface area contributed by atoms with Crippen molar-refractivity contribution in [2.75, 3.05) is 12.4 Å². The van der Waals surface area contributed by atoms with Gasteiger partial charge in [0.2, 0.25) is 0 Å². The molecule has 1 unspecified atom stereocenters. The molecule has 0 spiro atoms. The second-order valence-corrected chi connectivity index (χ2v) is 5.98. The summed E-state index contributed by atoms with van der Waals surface area (Å²) in [7, 11) is 0. The fraction of sp³-hybridized carbons (Fsp3) is 0.533. The molecule has 104 valence electrons. The second-order valence-electron chi connectivity index (χ2n) is 4.77. The summed E-state index contributed by atoms with van der Waals surface area (Å²) in [6.45, 7) is 6.94. The molecule has 0 radical (unpaired) electrons. The van der Waals surface area contributed by atoms with Gasteiger partial charge in [-0.3, -0.25) is 0 Å². The Morgan fingerprint density at radius 1 is 1.47 bits per heavy atom. The molecule has 0 N–H and O–H groups in total. The number of hydrogen-bond acceptors (Lipinski definition) is 3. The average Bonchev–Trinajstić information content (AvgIpc) is 2.38. The van der Waals surface area contributed by atoms with Crippen molar-refractivity contribution < 1.29 is 4.74 Å². The van der Waals surface area contributed by atoms with Gasteiger partial charge in [-0.05, 0) is 60.7 Å². The van der Waals surface area contributed by atoms with Gasteiger partial charge >= 0.3 is 0 Å². The number of nitriles is 1. The third-order valence-corrected chi connectivity index (χ3v) is 4.08. The van der Waals surface area contributed by atoms with E-state index < -0.39 is 0 Å². The van der Waals surface area contributed by atoms with Crippen molar-refractivity contribution in [1.29, 1.82) is 5.26 Å². The van der Waals surface area contributed by atoms with Crippen molar-refractivity contribution in [3.8, 4) is 11.2 Å². The molecule has 1 aromatic rings. The number of aryl methyl sites for hydroxylation is 1. The van der Waals surface area contributed by atoms with E-state index in [1.54, 1.807) is 0 Å². The average molecular weight is 298 g/mol. The Hall–Kier alpha value is -0.850. The predicted octanol–water partition coefficient (Wildman–Crippen LogP) is 4.83. The van der Waals surface area contributed by atoms with E-state index in [1.807, 2.05) is 19.1 Å². The van der Waals surface area contributed by atoms with Crippen LogP contribution in [0.2, 0.25) is 5.02 Å². The molecule has 0 aliphatic heterocycles. The van der Waals surface area contributed by atoms with Gasteiger partial charge in [-0.1, -0.05) is 25.4 Å². The lowest BCUT2D eigenvalue weighted by molar-refractivity contribution is 0.313. The molecule has 2 nitrogen and oxygen atoms in total. The molecule has 1 atom stereocenters. The van der Waals surface area contributed by atoms with E-state index in [4.69, 9.17) is 21.6 Å². The van der Waals surface area contributed by atoms with Gasteiger partial charge in [-0.25, -0.2) is 0 Å². The molecule has 0 fully saturated rings. The van der Waals surface area contributed by atoms with Crippen LogP contribution in [0.1, 0.15) is 31.4 Å². The molecule has 0 bridgehead atoms. The minimum Gasteiger partial charge on any atom is -0.493 e. The summed E-state index contributed by atoms with van der Waals surface area (Å²) >= 11 is 7.49. The Morgan fingerprint density at radius 3 is 2.84 bits per heavy atom. The predicted molar refractivity (Wildman–Crippen MR) is 82.9 cm³/mol. The first kappa shape index (κ1) is 16.2. The summed E-state index contributed by atoms with van der Waals surface area (Å²) in [4.78, 5) is 0. The van der Waals surface area contributed by atoms with Crippen LogP contribution >= 0.6 is 23.4 Å². The third kappa shape index (κ3) is 5.34. The van der Waals surface area contributed by atoms with Crippen molar-refractivity contribution in [3.05, 3.63) is 28.3 Å². The molecule has 4 heteroatoms. The van der Waals surface area contributed by atoms with Gasteiger partial charge in [0.25, 0.3) is 0 Å². The highest BCUT2D eigenvalue weighted by atomic mass is 35.5. The largest absolute Gasteiger partial charge is 0.493 e. The summed E-state index contributed by atoms with van der Waals surface area (Å²) < 4.78 is 5.80. The highest BCUT2D eigenvalue weighted by Gasteiger charge is 2.11. The number of benzene rings is 1. The Balaban J connectivity index is 2.84. The number of thiocyanates is 1. The third-order valence-electron chi connectivity index (χ3n) is 2.80. The number of hydrogen-bond donors (Lipinski definition) is 0. The Kier molecular flexibility index (Phi) is 7.12. The zero-order valence-electron chi connectivity index (χ0n) is 11.7. The Bertz CT molecular complexity index is 456. The molecule has 0 saturated carbocycles. The van der Waals surface area contributed by atoms with Gasteiger partial charge < -0.3 is 4.74 Å². The zero-order chi connectivity index (χ0) is 14.3. The highest BCUT2D eigenvalue weighted by molar-refractivity contribution is 8.03. The first-order valence-electron chi connectivity index (χ1n) is 6.51. The van der Waals surface area contributed by atoms with Crippen molar-refractivity contribution in [1.82, 2.24) is 0 Å². The van der Waals surface area contributed by atoms with E-state index in [2.05, 4.69) is 19.2 Å². The van der Waals surface area contributed by atoms with Crippen LogP contribution in [0, 0.1) is 23.5 Å². The monoisotopic (exact) mass is 297 g/mol. The molecule has 1 aromatic carbocycles. The van der Waals surface area contributed by atoms with E-state index in [0.29, 0.717) is 5.92 Å². The molecule has 0 aromatic heterocycles. The Morgan fingerprint density at radius 2 is 2.21 bits per heavy atom. The molecule has 19 heavy (non-hydrogen) atoms. The highest BCUT2D eigenvalue weighted by Crippen LogP contribution is 2.29. The van der Waals surface area contributed by atoms with Crippen molar-refractivity contribution in [2.24, 2.45) is 5.92 Å². The van der Waals surface area contributed by atoms with Gasteiger partial charge in [-0.15, -0.1) is 0 Å². The Labute approximate surface area is 125 Å². The molecule has 0 heterocycles. The molecular formula is C15H20ClNOS. The van der Waals surface area contributed by atoms with E-state index in [0.717, 1.165) is 47.1 Å². The lowest BCUT2D eigenvalue weighted by Gasteiger charge is -2.16. The van der Waals surface area contributed by atoms with Crippen LogP contribution in [0.4, 0.5) is 0 Å². The topological polar surface area (TPSA) is 33.0 Å².